The van der Waals surface area contributed by atoms with Gasteiger partial charge in [0.15, 0.2) is 0 Å². The molecule has 0 aromatic heterocycles. The van der Waals surface area contributed by atoms with Crippen molar-refractivity contribution in [3.05, 3.63) is 35.9 Å². The van der Waals surface area contributed by atoms with E-state index in [-0.39, 0.29) is 23.7 Å². The molecule has 0 saturated carbocycles. The van der Waals surface area contributed by atoms with Gasteiger partial charge in [-0.2, -0.15) is 0 Å². The van der Waals surface area contributed by atoms with E-state index < -0.39 is 0 Å². The minimum atomic E-state index is 0. The summed E-state index contributed by atoms with van der Waals surface area (Å²) in [6, 6.07) is 10.6. The van der Waals surface area contributed by atoms with Crippen molar-refractivity contribution in [1.82, 2.24) is 10.6 Å². The minimum Gasteiger partial charge on any atom is -0.381 e. The highest BCUT2D eigenvalue weighted by Crippen LogP contribution is 2.34. The van der Waals surface area contributed by atoms with Crippen LogP contribution < -0.4 is 10.6 Å². The van der Waals surface area contributed by atoms with Crippen molar-refractivity contribution >= 4 is 18.3 Å². The van der Waals surface area contributed by atoms with E-state index in [9.17, 15) is 4.79 Å². The van der Waals surface area contributed by atoms with Crippen LogP contribution in [0.25, 0.3) is 0 Å². The first-order chi connectivity index (χ1) is 12.2. The molecule has 3 rings (SSSR count). The molecule has 0 radical (unpaired) electrons. The van der Waals surface area contributed by atoms with Crippen molar-refractivity contribution < 1.29 is 9.53 Å². The zero-order valence-electron chi connectivity index (χ0n) is 15.8. The van der Waals surface area contributed by atoms with E-state index in [1.807, 2.05) is 0 Å². The van der Waals surface area contributed by atoms with Crippen LogP contribution in [0.4, 0.5) is 0 Å². The monoisotopic (exact) mass is 380 g/mol. The number of ether oxygens (including phenoxy) is 1. The molecule has 0 bridgehead atoms. The number of hydrogen-bond acceptors (Lipinski definition) is 3. The lowest BCUT2D eigenvalue weighted by molar-refractivity contribution is -0.122. The Labute approximate surface area is 163 Å². The summed E-state index contributed by atoms with van der Waals surface area (Å²) in [6.45, 7) is 6.66. The Kier molecular flexibility index (Phi) is 8.39. The number of carbonyl (C=O) groups excluding carboxylic acids is 1. The summed E-state index contributed by atoms with van der Waals surface area (Å²) >= 11 is 0. The molecule has 1 amide bonds. The van der Waals surface area contributed by atoms with Gasteiger partial charge in [0.1, 0.15) is 0 Å². The van der Waals surface area contributed by atoms with Gasteiger partial charge in [0, 0.05) is 31.6 Å². The van der Waals surface area contributed by atoms with Crippen LogP contribution in [0.5, 0.6) is 0 Å². The van der Waals surface area contributed by atoms with Gasteiger partial charge in [0.05, 0.1) is 0 Å². The Morgan fingerprint density at radius 1 is 1.31 bits per heavy atom. The van der Waals surface area contributed by atoms with Gasteiger partial charge < -0.3 is 15.4 Å². The summed E-state index contributed by atoms with van der Waals surface area (Å²) in [5, 5.41) is 6.70. The van der Waals surface area contributed by atoms with E-state index in [4.69, 9.17) is 4.74 Å². The molecule has 0 aliphatic carbocycles. The average molecular weight is 381 g/mol. The third kappa shape index (κ3) is 5.45. The van der Waals surface area contributed by atoms with Crippen LogP contribution in [0.2, 0.25) is 0 Å². The van der Waals surface area contributed by atoms with E-state index in [0.717, 1.165) is 45.7 Å². The smallest absolute Gasteiger partial charge is 0.220 e. The molecule has 2 fully saturated rings. The molecule has 1 aromatic carbocycles. The lowest BCUT2D eigenvalue weighted by atomic mass is 9.74. The summed E-state index contributed by atoms with van der Waals surface area (Å²) in [5.74, 6) is 1.26. The third-order valence-corrected chi connectivity index (χ3v) is 6.11. The van der Waals surface area contributed by atoms with E-state index >= 15 is 0 Å². The number of carbonyl (C=O) groups is 1. The Balaban J connectivity index is 0.00000243. The predicted molar refractivity (Wildman–Crippen MR) is 108 cm³/mol. The summed E-state index contributed by atoms with van der Waals surface area (Å²) in [6.07, 6.45) is 5.05. The summed E-state index contributed by atoms with van der Waals surface area (Å²) < 4.78 is 5.58. The molecule has 26 heavy (non-hydrogen) atoms. The second kappa shape index (κ2) is 10.3. The lowest BCUT2D eigenvalue weighted by Crippen LogP contribution is -2.45. The highest BCUT2D eigenvalue weighted by atomic mass is 35.5. The zero-order valence-corrected chi connectivity index (χ0v) is 16.7. The number of piperidine rings is 1. The van der Waals surface area contributed by atoms with Crippen molar-refractivity contribution in [2.24, 2.45) is 11.8 Å². The number of amides is 1. The molecule has 146 valence electrons. The normalized spacial score (nSPS) is 23.5. The molecule has 2 heterocycles. The van der Waals surface area contributed by atoms with Gasteiger partial charge in [0.25, 0.3) is 0 Å². The zero-order chi connectivity index (χ0) is 17.5. The maximum absolute atomic E-state index is 12.5. The second-order valence-electron chi connectivity index (χ2n) is 7.82. The first-order valence-corrected chi connectivity index (χ1v) is 9.80. The van der Waals surface area contributed by atoms with E-state index in [1.54, 1.807) is 0 Å². The molecular formula is C21H33ClN2O2. The topological polar surface area (TPSA) is 50.4 Å². The molecule has 2 aliphatic rings. The third-order valence-electron chi connectivity index (χ3n) is 6.11. The quantitative estimate of drug-likeness (QED) is 0.796. The van der Waals surface area contributed by atoms with Crippen molar-refractivity contribution in [2.45, 2.75) is 44.4 Å². The lowest BCUT2D eigenvalue weighted by Gasteiger charge is -2.38. The first-order valence-electron chi connectivity index (χ1n) is 9.80. The molecule has 2 saturated heterocycles. The van der Waals surface area contributed by atoms with Crippen molar-refractivity contribution in [3.8, 4) is 0 Å². The van der Waals surface area contributed by atoms with Crippen LogP contribution >= 0.6 is 12.4 Å². The van der Waals surface area contributed by atoms with Gasteiger partial charge in [-0.15, -0.1) is 12.4 Å². The van der Waals surface area contributed by atoms with Crippen LogP contribution in [-0.2, 0) is 14.9 Å². The van der Waals surface area contributed by atoms with Crippen LogP contribution in [0.15, 0.2) is 30.3 Å². The van der Waals surface area contributed by atoms with Gasteiger partial charge in [-0.05, 0) is 56.2 Å². The fourth-order valence-corrected chi connectivity index (χ4v) is 4.28. The van der Waals surface area contributed by atoms with Crippen LogP contribution in [0, 0.1) is 11.8 Å². The molecular weight excluding hydrogens is 348 g/mol. The van der Waals surface area contributed by atoms with Crippen LogP contribution in [0.3, 0.4) is 0 Å². The highest BCUT2D eigenvalue weighted by molar-refractivity contribution is 5.85. The fraction of sp³-hybridized carbons (Fsp3) is 0.667. The Bertz CT molecular complexity index is 540. The predicted octanol–water partition coefficient (Wildman–Crippen LogP) is 3.30. The van der Waals surface area contributed by atoms with E-state index in [1.165, 1.54) is 18.4 Å². The standard InChI is InChI=1S/C21H32N2O2.ClH/c1-17(18-6-5-11-22-15-18)14-20(24)23-16-21(9-12-25-13-10-21)19-7-3-2-4-8-19;/h2-4,7-8,17-18,22H,5-6,9-16H2,1H3,(H,23,24);1H. The Morgan fingerprint density at radius 2 is 2.04 bits per heavy atom. The average Bonchev–Trinajstić information content (AvgIpc) is 2.68. The number of nitrogens with one attached hydrogen (secondary N) is 2. The SMILES string of the molecule is CC(CC(=O)NCC1(c2ccccc2)CCOCC1)C1CCCNC1.Cl. The molecule has 2 atom stereocenters. The van der Waals surface area contributed by atoms with Gasteiger partial charge in [-0.1, -0.05) is 37.3 Å². The second-order valence-corrected chi connectivity index (χ2v) is 7.82. The molecule has 1 aromatic rings. The summed E-state index contributed by atoms with van der Waals surface area (Å²) in [5.41, 5.74) is 1.34. The minimum absolute atomic E-state index is 0. The summed E-state index contributed by atoms with van der Waals surface area (Å²) in [4.78, 5) is 12.5. The van der Waals surface area contributed by atoms with Gasteiger partial charge >= 0.3 is 0 Å². The molecule has 2 aliphatic heterocycles. The Hall–Kier alpha value is -1.10. The van der Waals surface area contributed by atoms with Crippen molar-refractivity contribution in [2.75, 3.05) is 32.8 Å². The van der Waals surface area contributed by atoms with Crippen LogP contribution in [-0.4, -0.2) is 38.8 Å². The number of rotatable bonds is 6. The van der Waals surface area contributed by atoms with E-state index in [2.05, 4.69) is 47.9 Å². The fourth-order valence-electron chi connectivity index (χ4n) is 4.28. The maximum Gasteiger partial charge on any atom is 0.220 e. The largest absolute Gasteiger partial charge is 0.381 e. The maximum atomic E-state index is 12.5. The van der Waals surface area contributed by atoms with Crippen LogP contribution in [0.1, 0.15) is 44.6 Å². The summed E-state index contributed by atoms with van der Waals surface area (Å²) in [7, 11) is 0. The van der Waals surface area contributed by atoms with Crippen molar-refractivity contribution in [1.29, 1.82) is 0 Å². The van der Waals surface area contributed by atoms with Crippen molar-refractivity contribution in [3.63, 3.8) is 0 Å². The molecule has 2 N–H and O–H groups in total. The van der Waals surface area contributed by atoms with Gasteiger partial charge in [-0.25, -0.2) is 0 Å². The number of benzene rings is 1. The first kappa shape index (κ1) is 21.2. The number of hydrogen-bond donors (Lipinski definition) is 2. The molecule has 5 heteroatoms. The molecule has 0 spiro atoms. The molecule has 4 nitrogen and oxygen atoms in total. The van der Waals surface area contributed by atoms with Gasteiger partial charge in [0.2, 0.25) is 5.91 Å². The Morgan fingerprint density at radius 3 is 2.69 bits per heavy atom. The highest BCUT2D eigenvalue weighted by Gasteiger charge is 2.35. The van der Waals surface area contributed by atoms with Gasteiger partial charge in [-0.3, -0.25) is 4.79 Å². The number of halogens is 1. The van der Waals surface area contributed by atoms with E-state index in [0.29, 0.717) is 18.3 Å². The molecule has 2 unspecified atom stereocenters.